The highest BCUT2D eigenvalue weighted by atomic mass is 79.9. The molecule has 0 radical (unpaired) electrons. The molecule has 1 aromatic carbocycles. The molecule has 0 fully saturated rings. The first-order valence-electron chi connectivity index (χ1n) is 4.95. The Morgan fingerprint density at radius 3 is 2.58 bits per heavy atom. The fourth-order valence-corrected chi connectivity index (χ4v) is 1.65. The number of carbonyl (C=O) groups excluding carboxylic acids is 1. The largest absolute Gasteiger partial charge is 0.480 e. The zero-order chi connectivity index (χ0) is 14.6. The number of amides is 1. The Morgan fingerprint density at radius 1 is 1.47 bits per heavy atom. The fourth-order valence-electron chi connectivity index (χ4n) is 1.22. The Balaban J connectivity index is 3.02. The van der Waals surface area contributed by atoms with E-state index in [4.69, 9.17) is 10.2 Å². The number of aliphatic hydroxyl groups is 1. The van der Waals surface area contributed by atoms with Crippen LogP contribution < -0.4 is 5.32 Å². The summed E-state index contributed by atoms with van der Waals surface area (Å²) < 4.78 is 0.276. The number of rotatable bonds is 5. The summed E-state index contributed by atoms with van der Waals surface area (Å²) in [4.78, 5) is 32.4. The van der Waals surface area contributed by atoms with Gasteiger partial charge in [0.25, 0.3) is 11.6 Å². The standard InChI is InChI=1S/C10H9BrN2O6/c11-7-2-1-5(13(18)19)3-6(7)9(15)12-8(4-14)10(16)17/h1-3,8,14H,4H2,(H,12,15)(H,16,17)/t8-/m1/s1. The smallest absolute Gasteiger partial charge is 0.328 e. The molecule has 102 valence electrons. The maximum Gasteiger partial charge on any atom is 0.328 e. The number of nitrogens with zero attached hydrogens (tertiary/aromatic N) is 1. The van der Waals surface area contributed by atoms with Crippen molar-refractivity contribution in [2.75, 3.05) is 6.61 Å². The molecule has 19 heavy (non-hydrogen) atoms. The van der Waals surface area contributed by atoms with Crippen molar-refractivity contribution in [2.24, 2.45) is 0 Å². The lowest BCUT2D eigenvalue weighted by molar-refractivity contribution is -0.384. The van der Waals surface area contributed by atoms with Crippen molar-refractivity contribution in [2.45, 2.75) is 6.04 Å². The van der Waals surface area contributed by atoms with Crippen LogP contribution in [0.15, 0.2) is 22.7 Å². The molecule has 0 aliphatic heterocycles. The molecule has 0 unspecified atom stereocenters. The van der Waals surface area contributed by atoms with E-state index in [-0.39, 0.29) is 15.7 Å². The number of aliphatic hydroxyl groups excluding tert-OH is 1. The first-order chi connectivity index (χ1) is 8.86. The number of hydrogen-bond acceptors (Lipinski definition) is 5. The summed E-state index contributed by atoms with van der Waals surface area (Å²) >= 11 is 3.04. The van der Waals surface area contributed by atoms with Gasteiger partial charge in [-0.25, -0.2) is 4.79 Å². The Kier molecular flexibility index (Phi) is 4.95. The van der Waals surface area contributed by atoms with Gasteiger partial charge in [-0.05, 0) is 22.0 Å². The minimum absolute atomic E-state index is 0.0890. The summed E-state index contributed by atoms with van der Waals surface area (Å²) in [5.41, 5.74) is -0.391. The Morgan fingerprint density at radius 2 is 2.11 bits per heavy atom. The number of aliphatic carboxylic acids is 1. The summed E-state index contributed by atoms with van der Waals surface area (Å²) in [7, 11) is 0. The third-order valence-electron chi connectivity index (χ3n) is 2.19. The third-order valence-corrected chi connectivity index (χ3v) is 2.88. The second-order valence-corrected chi connectivity index (χ2v) is 4.32. The molecular formula is C10H9BrN2O6. The molecule has 1 rings (SSSR count). The van der Waals surface area contributed by atoms with Gasteiger partial charge in [-0.15, -0.1) is 0 Å². The monoisotopic (exact) mass is 332 g/mol. The van der Waals surface area contributed by atoms with Crippen LogP contribution in [0.5, 0.6) is 0 Å². The first kappa shape index (κ1) is 15.1. The number of halogens is 1. The van der Waals surface area contributed by atoms with Crippen molar-refractivity contribution in [3.63, 3.8) is 0 Å². The van der Waals surface area contributed by atoms with Crippen molar-refractivity contribution >= 4 is 33.5 Å². The molecule has 0 spiro atoms. The van der Waals surface area contributed by atoms with E-state index in [1.807, 2.05) is 5.32 Å². The van der Waals surface area contributed by atoms with Gasteiger partial charge < -0.3 is 15.5 Å². The van der Waals surface area contributed by atoms with Gasteiger partial charge in [0.15, 0.2) is 6.04 Å². The summed E-state index contributed by atoms with van der Waals surface area (Å²) in [5.74, 6) is -2.24. The van der Waals surface area contributed by atoms with Crippen LogP contribution in [-0.2, 0) is 4.79 Å². The SMILES string of the molecule is O=C(N[C@H](CO)C(=O)O)c1cc([N+](=O)[O-])ccc1Br. The second kappa shape index (κ2) is 6.25. The molecule has 0 aliphatic carbocycles. The Labute approximate surface area is 115 Å². The lowest BCUT2D eigenvalue weighted by Crippen LogP contribution is -2.43. The van der Waals surface area contributed by atoms with Crippen molar-refractivity contribution in [1.29, 1.82) is 0 Å². The lowest BCUT2D eigenvalue weighted by Gasteiger charge is -2.12. The number of hydrogen-bond donors (Lipinski definition) is 3. The van der Waals surface area contributed by atoms with Gasteiger partial charge in [0, 0.05) is 16.6 Å². The van der Waals surface area contributed by atoms with Crippen LogP contribution in [0, 0.1) is 10.1 Å². The van der Waals surface area contributed by atoms with E-state index in [9.17, 15) is 19.7 Å². The normalized spacial score (nSPS) is 11.7. The minimum atomic E-state index is -1.47. The van der Waals surface area contributed by atoms with Crippen LogP contribution >= 0.6 is 15.9 Å². The highest BCUT2D eigenvalue weighted by Crippen LogP contribution is 2.22. The summed E-state index contributed by atoms with van der Waals surface area (Å²) in [6.45, 7) is -0.784. The average Bonchev–Trinajstić information content (AvgIpc) is 2.35. The average molecular weight is 333 g/mol. The van der Waals surface area contributed by atoms with Crippen molar-refractivity contribution in [3.8, 4) is 0 Å². The molecule has 1 aromatic rings. The van der Waals surface area contributed by atoms with Crippen molar-refractivity contribution in [1.82, 2.24) is 5.32 Å². The second-order valence-electron chi connectivity index (χ2n) is 3.47. The van der Waals surface area contributed by atoms with Crippen LogP contribution in [0.25, 0.3) is 0 Å². The molecule has 0 aliphatic rings. The van der Waals surface area contributed by atoms with Crippen LogP contribution in [0.1, 0.15) is 10.4 Å². The fraction of sp³-hybridized carbons (Fsp3) is 0.200. The molecule has 0 aromatic heterocycles. The predicted octanol–water partition coefficient (Wildman–Crippen LogP) is 0.533. The van der Waals surface area contributed by atoms with Crippen LogP contribution in [-0.4, -0.2) is 39.7 Å². The minimum Gasteiger partial charge on any atom is -0.480 e. The summed E-state index contributed by atoms with van der Waals surface area (Å²) in [6.07, 6.45) is 0. The predicted molar refractivity (Wildman–Crippen MR) is 66.8 cm³/mol. The molecular weight excluding hydrogens is 324 g/mol. The molecule has 0 heterocycles. The highest BCUT2D eigenvalue weighted by molar-refractivity contribution is 9.10. The van der Waals surface area contributed by atoms with Gasteiger partial charge in [-0.2, -0.15) is 0 Å². The molecule has 0 bridgehead atoms. The quantitative estimate of drug-likeness (QED) is 0.532. The summed E-state index contributed by atoms with van der Waals surface area (Å²) in [5, 5.41) is 30.1. The number of carbonyl (C=O) groups is 2. The number of non-ortho nitro benzene ring substituents is 1. The van der Waals surface area contributed by atoms with Gasteiger partial charge in [0.2, 0.25) is 0 Å². The van der Waals surface area contributed by atoms with Gasteiger partial charge in [-0.1, -0.05) is 0 Å². The molecule has 9 heteroatoms. The van der Waals surface area contributed by atoms with Crippen LogP contribution in [0.2, 0.25) is 0 Å². The van der Waals surface area contributed by atoms with E-state index < -0.39 is 29.4 Å². The molecule has 3 N–H and O–H groups in total. The molecule has 1 amide bonds. The number of benzene rings is 1. The number of carboxylic acid groups (broad SMARTS) is 1. The zero-order valence-electron chi connectivity index (χ0n) is 9.37. The molecule has 8 nitrogen and oxygen atoms in total. The topological polar surface area (TPSA) is 130 Å². The van der Waals surface area contributed by atoms with E-state index in [0.717, 1.165) is 6.07 Å². The molecule has 1 atom stereocenters. The summed E-state index contributed by atoms with van der Waals surface area (Å²) in [6, 6.07) is 2.04. The number of carboxylic acids is 1. The van der Waals surface area contributed by atoms with E-state index >= 15 is 0 Å². The van der Waals surface area contributed by atoms with Crippen LogP contribution in [0.3, 0.4) is 0 Å². The number of nitro groups is 1. The van der Waals surface area contributed by atoms with Gasteiger partial charge in [-0.3, -0.25) is 14.9 Å². The zero-order valence-corrected chi connectivity index (χ0v) is 11.0. The van der Waals surface area contributed by atoms with E-state index in [1.165, 1.54) is 12.1 Å². The Hall–Kier alpha value is -2.00. The van der Waals surface area contributed by atoms with Crippen molar-refractivity contribution < 1.29 is 24.7 Å². The van der Waals surface area contributed by atoms with E-state index in [0.29, 0.717) is 0 Å². The lowest BCUT2D eigenvalue weighted by atomic mass is 10.1. The third kappa shape index (κ3) is 3.73. The van der Waals surface area contributed by atoms with Gasteiger partial charge >= 0.3 is 5.97 Å². The number of nitro benzene ring substituents is 1. The van der Waals surface area contributed by atoms with Crippen molar-refractivity contribution in [3.05, 3.63) is 38.3 Å². The molecule has 0 saturated heterocycles. The van der Waals surface area contributed by atoms with E-state index in [1.54, 1.807) is 0 Å². The highest BCUT2D eigenvalue weighted by Gasteiger charge is 2.22. The van der Waals surface area contributed by atoms with Gasteiger partial charge in [0.05, 0.1) is 17.1 Å². The maximum absolute atomic E-state index is 11.8. The van der Waals surface area contributed by atoms with Gasteiger partial charge in [0.1, 0.15) is 0 Å². The maximum atomic E-state index is 11.8. The van der Waals surface area contributed by atoms with E-state index in [2.05, 4.69) is 15.9 Å². The number of nitrogens with one attached hydrogen (secondary N) is 1. The first-order valence-corrected chi connectivity index (χ1v) is 5.74. The van der Waals surface area contributed by atoms with Crippen LogP contribution in [0.4, 0.5) is 5.69 Å². The Bertz CT molecular complexity index is 533. The molecule has 0 saturated carbocycles.